The molecule has 1 atom stereocenters. The smallest absolute Gasteiger partial charge is 0.154 e. The SMILES string of the molecule is C[C@@]1(c2cccc(-c3cc4ccc(C#N)cc4[nH]3)c2)CCSC(N)=N1. The van der Waals surface area contributed by atoms with Crippen LogP contribution in [0.15, 0.2) is 53.5 Å². The zero-order valence-electron chi connectivity index (χ0n) is 13.9. The maximum Gasteiger partial charge on any atom is 0.154 e. The lowest BCUT2D eigenvalue weighted by Crippen LogP contribution is -2.28. The lowest BCUT2D eigenvalue weighted by molar-refractivity contribution is 0.482. The fourth-order valence-electron chi connectivity index (χ4n) is 3.27. The number of nitriles is 1. The van der Waals surface area contributed by atoms with Crippen molar-refractivity contribution in [2.75, 3.05) is 5.75 Å². The number of aromatic nitrogens is 1. The first kappa shape index (κ1) is 15.8. The van der Waals surface area contributed by atoms with Crippen LogP contribution in [0.2, 0.25) is 0 Å². The minimum atomic E-state index is -0.272. The first-order valence-corrected chi connectivity index (χ1v) is 9.18. The van der Waals surface area contributed by atoms with Gasteiger partial charge >= 0.3 is 0 Å². The number of fused-ring (bicyclic) bond motifs is 1. The summed E-state index contributed by atoms with van der Waals surface area (Å²) in [5.74, 6) is 0.986. The second-order valence-corrected chi connectivity index (χ2v) is 7.62. The highest BCUT2D eigenvalue weighted by Gasteiger charge is 2.29. The topological polar surface area (TPSA) is 78.0 Å². The van der Waals surface area contributed by atoms with Crippen molar-refractivity contribution in [2.45, 2.75) is 18.9 Å². The van der Waals surface area contributed by atoms with Gasteiger partial charge in [-0.15, -0.1) is 0 Å². The molecule has 0 radical (unpaired) electrons. The quantitative estimate of drug-likeness (QED) is 0.723. The largest absolute Gasteiger partial charge is 0.379 e. The van der Waals surface area contributed by atoms with Crippen LogP contribution in [0, 0.1) is 11.3 Å². The molecule has 1 aliphatic rings. The molecule has 2 aromatic carbocycles. The van der Waals surface area contributed by atoms with Gasteiger partial charge in [0.1, 0.15) is 0 Å². The number of rotatable bonds is 2. The second-order valence-electron chi connectivity index (χ2n) is 6.50. The van der Waals surface area contributed by atoms with Gasteiger partial charge in [0.25, 0.3) is 0 Å². The molecule has 2 heterocycles. The number of aromatic amines is 1. The van der Waals surface area contributed by atoms with Crippen molar-refractivity contribution in [2.24, 2.45) is 10.7 Å². The van der Waals surface area contributed by atoms with E-state index in [-0.39, 0.29) is 5.54 Å². The summed E-state index contributed by atoms with van der Waals surface area (Å²) >= 11 is 1.62. The van der Waals surface area contributed by atoms with E-state index < -0.39 is 0 Å². The molecule has 0 bridgehead atoms. The molecule has 124 valence electrons. The average Bonchev–Trinajstić information content (AvgIpc) is 3.05. The Labute approximate surface area is 150 Å². The van der Waals surface area contributed by atoms with E-state index in [2.05, 4.69) is 48.3 Å². The van der Waals surface area contributed by atoms with E-state index in [0.717, 1.165) is 34.3 Å². The molecule has 0 fully saturated rings. The molecular weight excluding hydrogens is 328 g/mol. The fraction of sp³-hybridized carbons (Fsp3) is 0.200. The van der Waals surface area contributed by atoms with E-state index in [4.69, 9.17) is 16.0 Å². The van der Waals surface area contributed by atoms with Crippen molar-refractivity contribution in [3.05, 3.63) is 59.7 Å². The van der Waals surface area contributed by atoms with Crippen molar-refractivity contribution in [1.82, 2.24) is 4.98 Å². The van der Waals surface area contributed by atoms with Gasteiger partial charge in [-0.2, -0.15) is 5.26 Å². The van der Waals surface area contributed by atoms with Gasteiger partial charge in [-0.05, 0) is 48.7 Å². The maximum absolute atomic E-state index is 9.06. The molecule has 4 rings (SSSR count). The monoisotopic (exact) mass is 346 g/mol. The Balaban J connectivity index is 1.77. The lowest BCUT2D eigenvalue weighted by atomic mass is 9.88. The van der Waals surface area contributed by atoms with Crippen LogP contribution in [0.3, 0.4) is 0 Å². The summed E-state index contributed by atoms with van der Waals surface area (Å²) in [7, 11) is 0. The lowest BCUT2D eigenvalue weighted by Gasteiger charge is -2.30. The van der Waals surface area contributed by atoms with E-state index >= 15 is 0 Å². The zero-order valence-corrected chi connectivity index (χ0v) is 14.7. The number of thioether (sulfide) groups is 1. The van der Waals surface area contributed by atoms with Crippen LogP contribution in [0.4, 0.5) is 0 Å². The number of nitrogens with zero attached hydrogens (tertiary/aromatic N) is 2. The summed E-state index contributed by atoms with van der Waals surface area (Å²) in [6.07, 6.45) is 0.972. The third kappa shape index (κ3) is 2.90. The molecule has 3 aromatic rings. The number of H-pyrrole nitrogens is 1. The molecule has 0 saturated carbocycles. The molecule has 4 nitrogen and oxygen atoms in total. The Morgan fingerprint density at radius 3 is 2.92 bits per heavy atom. The van der Waals surface area contributed by atoms with Gasteiger partial charge in [0.05, 0.1) is 17.2 Å². The summed E-state index contributed by atoms with van der Waals surface area (Å²) in [5, 5.41) is 10.8. The van der Waals surface area contributed by atoms with Crippen molar-refractivity contribution in [3.8, 4) is 17.3 Å². The second kappa shape index (κ2) is 5.98. The summed E-state index contributed by atoms with van der Waals surface area (Å²) in [6.45, 7) is 2.14. The maximum atomic E-state index is 9.06. The van der Waals surface area contributed by atoms with Gasteiger partial charge in [0.15, 0.2) is 5.17 Å². The number of benzene rings is 2. The molecular formula is C20H18N4S. The third-order valence-electron chi connectivity index (χ3n) is 4.74. The summed E-state index contributed by atoms with van der Waals surface area (Å²) < 4.78 is 0. The minimum Gasteiger partial charge on any atom is -0.379 e. The Bertz CT molecular complexity index is 1030. The Morgan fingerprint density at radius 2 is 2.12 bits per heavy atom. The molecule has 0 saturated heterocycles. The average molecular weight is 346 g/mol. The van der Waals surface area contributed by atoms with Gasteiger partial charge in [-0.1, -0.05) is 36.0 Å². The molecule has 1 aromatic heterocycles. The van der Waals surface area contributed by atoms with Crippen LogP contribution < -0.4 is 5.73 Å². The van der Waals surface area contributed by atoms with Crippen molar-refractivity contribution in [1.29, 1.82) is 5.26 Å². The normalized spacial score (nSPS) is 20.2. The molecule has 0 aliphatic carbocycles. The van der Waals surface area contributed by atoms with Crippen LogP contribution in [-0.4, -0.2) is 15.9 Å². The number of hydrogen-bond acceptors (Lipinski definition) is 4. The van der Waals surface area contributed by atoms with E-state index in [9.17, 15) is 0 Å². The zero-order chi connectivity index (χ0) is 17.4. The molecule has 1 aliphatic heterocycles. The number of amidine groups is 1. The van der Waals surface area contributed by atoms with Crippen LogP contribution in [0.25, 0.3) is 22.2 Å². The van der Waals surface area contributed by atoms with E-state index in [1.165, 1.54) is 5.56 Å². The van der Waals surface area contributed by atoms with Gasteiger partial charge in [0, 0.05) is 22.3 Å². The van der Waals surface area contributed by atoms with Crippen molar-refractivity contribution in [3.63, 3.8) is 0 Å². The number of nitrogens with one attached hydrogen (secondary N) is 1. The first-order chi connectivity index (χ1) is 12.1. The molecule has 3 N–H and O–H groups in total. The predicted molar refractivity (Wildman–Crippen MR) is 104 cm³/mol. The first-order valence-electron chi connectivity index (χ1n) is 8.19. The van der Waals surface area contributed by atoms with Crippen LogP contribution >= 0.6 is 11.8 Å². The van der Waals surface area contributed by atoms with Crippen molar-refractivity contribution < 1.29 is 0 Å². The molecule has 25 heavy (non-hydrogen) atoms. The van der Waals surface area contributed by atoms with Crippen LogP contribution in [-0.2, 0) is 5.54 Å². The third-order valence-corrected chi connectivity index (χ3v) is 5.54. The van der Waals surface area contributed by atoms with Crippen LogP contribution in [0.1, 0.15) is 24.5 Å². The summed E-state index contributed by atoms with van der Waals surface area (Å²) in [4.78, 5) is 8.12. The molecule has 5 heteroatoms. The van der Waals surface area contributed by atoms with Crippen LogP contribution in [0.5, 0.6) is 0 Å². The Hall–Kier alpha value is -2.71. The predicted octanol–water partition coefficient (Wildman–Crippen LogP) is 4.37. The number of nitrogens with two attached hydrogens (primary N) is 1. The molecule has 0 unspecified atom stereocenters. The Morgan fingerprint density at radius 1 is 1.24 bits per heavy atom. The van der Waals surface area contributed by atoms with E-state index in [1.807, 2.05) is 18.2 Å². The van der Waals surface area contributed by atoms with Gasteiger partial charge in [-0.3, -0.25) is 4.99 Å². The number of hydrogen-bond donors (Lipinski definition) is 2. The summed E-state index contributed by atoms with van der Waals surface area (Å²) in [5.41, 5.74) is 10.6. The van der Waals surface area contributed by atoms with E-state index in [0.29, 0.717) is 10.7 Å². The van der Waals surface area contributed by atoms with Gasteiger partial charge < -0.3 is 10.7 Å². The van der Waals surface area contributed by atoms with Gasteiger partial charge in [-0.25, -0.2) is 0 Å². The fourth-order valence-corrected chi connectivity index (χ4v) is 4.24. The molecule has 0 spiro atoms. The van der Waals surface area contributed by atoms with Gasteiger partial charge in [0.2, 0.25) is 0 Å². The van der Waals surface area contributed by atoms with E-state index in [1.54, 1.807) is 11.8 Å². The number of aliphatic imine (C=N–C) groups is 1. The Kier molecular flexibility index (Phi) is 3.78. The summed E-state index contributed by atoms with van der Waals surface area (Å²) in [6, 6.07) is 18.5. The minimum absolute atomic E-state index is 0.272. The van der Waals surface area contributed by atoms with Crippen molar-refractivity contribution >= 4 is 27.8 Å². The standard InChI is InChI=1S/C20H18N4S/c1-20(7-8-25-19(22)24-20)16-4-2-3-14(10-16)18-11-15-6-5-13(12-21)9-17(15)23-18/h2-6,9-11,23H,7-8H2,1H3,(H2,22,24)/t20-/m0/s1. The highest BCUT2D eigenvalue weighted by molar-refractivity contribution is 8.13. The highest BCUT2D eigenvalue weighted by Crippen LogP contribution is 2.36. The highest BCUT2D eigenvalue weighted by atomic mass is 32.2. The molecule has 0 amide bonds.